The number of hydrogen-bond acceptors (Lipinski definition) is 2. The van der Waals surface area contributed by atoms with E-state index in [0.717, 1.165) is 31.4 Å². The van der Waals surface area contributed by atoms with Crippen LogP contribution in [0.5, 0.6) is 0 Å². The summed E-state index contributed by atoms with van der Waals surface area (Å²) in [5.41, 5.74) is 5.58. The summed E-state index contributed by atoms with van der Waals surface area (Å²) in [6.07, 6.45) is 2.97. The maximum atomic E-state index is 13.1. The first-order valence-corrected chi connectivity index (χ1v) is 5.63. The number of nitrogens with two attached hydrogens (primary N) is 1. The number of likely N-dealkylation sites (tertiary alicyclic amines) is 1. The molecule has 1 amide bonds. The molecule has 0 radical (unpaired) electrons. The van der Waals surface area contributed by atoms with Crippen molar-refractivity contribution in [2.45, 2.75) is 19.3 Å². The van der Waals surface area contributed by atoms with Crippen molar-refractivity contribution in [2.75, 3.05) is 18.8 Å². The molecule has 1 aromatic carbocycles. The Balaban J connectivity index is 2.26. The number of amides is 1. The zero-order chi connectivity index (χ0) is 12.4. The van der Waals surface area contributed by atoms with E-state index in [1.54, 1.807) is 4.90 Å². The molecule has 17 heavy (non-hydrogen) atoms. The van der Waals surface area contributed by atoms with Gasteiger partial charge in [-0.25, -0.2) is 8.78 Å². The molecule has 0 aliphatic carbocycles. The number of carbonyl (C=O) groups excluding carboxylic acids is 1. The highest BCUT2D eigenvalue weighted by molar-refractivity contribution is 5.99. The number of carbonyl (C=O) groups is 1. The van der Waals surface area contributed by atoms with E-state index in [0.29, 0.717) is 13.1 Å². The lowest BCUT2D eigenvalue weighted by molar-refractivity contribution is 0.0725. The predicted molar refractivity (Wildman–Crippen MR) is 60.5 cm³/mol. The van der Waals surface area contributed by atoms with Crippen molar-refractivity contribution in [2.24, 2.45) is 0 Å². The SMILES string of the molecule is Nc1cc(F)c(F)cc1C(=O)N1CCCCC1. The molecule has 0 saturated carbocycles. The van der Waals surface area contributed by atoms with E-state index in [1.807, 2.05) is 0 Å². The van der Waals surface area contributed by atoms with Crippen LogP contribution in [0.15, 0.2) is 12.1 Å². The van der Waals surface area contributed by atoms with E-state index in [2.05, 4.69) is 0 Å². The van der Waals surface area contributed by atoms with Gasteiger partial charge in [-0.15, -0.1) is 0 Å². The van der Waals surface area contributed by atoms with Crippen LogP contribution in [0, 0.1) is 11.6 Å². The Kier molecular flexibility index (Phi) is 3.26. The topological polar surface area (TPSA) is 46.3 Å². The summed E-state index contributed by atoms with van der Waals surface area (Å²) in [4.78, 5) is 13.7. The van der Waals surface area contributed by atoms with Gasteiger partial charge in [-0.3, -0.25) is 4.79 Å². The van der Waals surface area contributed by atoms with Gasteiger partial charge in [-0.05, 0) is 25.3 Å². The maximum absolute atomic E-state index is 13.1. The Morgan fingerprint density at radius 3 is 2.35 bits per heavy atom. The van der Waals surface area contributed by atoms with E-state index in [9.17, 15) is 13.6 Å². The second-order valence-electron chi connectivity index (χ2n) is 4.21. The Hall–Kier alpha value is -1.65. The standard InChI is InChI=1S/C12H14F2N2O/c13-9-6-8(11(15)7-10(9)14)12(17)16-4-2-1-3-5-16/h6-7H,1-5,15H2. The van der Waals surface area contributed by atoms with Crippen LogP contribution in [0.25, 0.3) is 0 Å². The molecule has 1 fully saturated rings. The van der Waals surface area contributed by atoms with Gasteiger partial charge in [0.1, 0.15) is 0 Å². The third kappa shape index (κ3) is 2.38. The summed E-state index contributed by atoms with van der Waals surface area (Å²) >= 11 is 0. The van der Waals surface area contributed by atoms with Gasteiger partial charge in [0.2, 0.25) is 0 Å². The number of nitrogens with zero attached hydrogens (tertiary/aromatic N) is 1. The fourth-order valence-corrected chi connectivity index (χ4v) is 2.01. The summed E-state index contributed by atoms with van der Waals surface area (Å²) in [5.74, 6) is -2.39. The Bertz CT molecular complexity index is 442. The molecule has 0 bridgehead atoms. The van der Waals surface area contributed by atoms with Crippen molar-refractivity contribution in [1.29, 1.82) is 0 Å². The lowest BCUT2D eigenvalue weighted by Gasteiger charge is -2.27. The van der Waals surface area contributed by atoms with Gasteiger partial charge < -0.3 is 10.6 Å². The Labute approximate surface area is 98.2 Å². The zero-order valence-corrected chi connectivity index (χ0v) is 9.38. The second kappa shape index (κ2) is 4.69. The van der Waals surface area contributed by atoms with Gasteiger partial charge >= 0.3 is 0 Å². The van der Waals surface area contributed by atoms with Crippen molar-refractivity contribution in [3.63, 3.8) is 0 Å². The van der Waals surface area contributed by atoms with Crippen molar-refractivity contribution >= 4 is 11.6 Å². The molecule has 0 spiro atoms. The smallest absolute Gasteiger partial charge is 0.256 e. The van der Waals surface area contributed by atoms with E-state index < -0.39 is 11.6 Å². The minimum Gasteiger partial charge on any atom is -0.398 e. The first kappa shape index (κ1) is 11.8. The molecule has 92 valence electrons. The normalized spacial score (nSPS) is 16.0. The van der Waals surface area contributed by atoms with Gasteiger partial charge in [0.25, 0.3) is 5.91 Å². The number of hydrogen-bond donors (Lipinski definition) is 1. The van der Waals surface area contributed by atoms with Crippen LogP contribution < -0.4 is 5.73 Å². The molecule has 0 aromatic heterocycles. The number of halogens is 2. The summed E-state index contributed by atoms with van der Waals surface area (Å²) in [5, 5.41) is 0. The van der Waals surface area contributed by atoms with Crippen LogP contribution in [-0.2, 0) is 0 Å². The fourth-order valence-electron chi connectivity index (χ4n) is 2.01. The average Bonchev–Trinajstić information content (AvgIpc) is 2.34. The quantitative estimate of drug-likeness (QED) is 0.765. The highest BCUT2D eigenvalue weighted by Crippen LogP contribution is 2.20. The van der Waals surface area contributed by atoms with Crippen LogP contribution in [-0.4, -0.2) is 23.9 Å². The van der Waals surface area contributed by atoms with Gasteiger partial charge in [-0.2, -0.15) is 0 Å². The first-order chi connectivity index (χ1) is 8.09. The minimum atomic E-state index is -1.04. The van der Waals surface area contributed by atoms with Gasteiger partial charge in [0, 0.05) is 24.8 Å². The molecule has 0 unspecified atom stereocenters. The van der Waals surface area contributed by atoms with E-state index in [-0.39, 0.29) is 17.2 Å². The monoisotopic (exact) mass is 240 g/mol. The number of anilines is 1. The molecule has 0 atom stereocenters. The lowest BCUT2D eigenvalue weighted by atomic mass is 10.1. The summed E-state index contributed by atoms with van der Waals surface area (Å²) in [7, 11) is 0. The summed E-state index contributed by atoms with van der Waals surface area (Å²) in [6.45, 7) is 1.30. The Morgan fingerprint density at radius 2 is 1.71 bits per heavy atom. The molecule has 5 heteroatoms. The molecule has 2 N–H and O–H groups in total. The van der Waals surface area contributed by atoms with Crippen molar-refractivity contribution in [3.8, 4) is 0 Å². The van der Waals surface area contributed by atoms with Gasteiger partial charge in [0.15, 0.2) is 11.6 Å². The third-order valence-electron chi connectivity index (χ3n) is 2.97. The highest BCUT2D eigenvalue weighted by atomic mass is 19.2. The van der Waals surface area contributed by atoms with Crippen LogP contribution in [0.2, 0.25) is 0 Å². The van der Waals surface area contributed by atoms with E-state index in [1.165, 1.54) is 0 Å². The average molecular weight is 240 g/mol. The number of piperidine rings is 1. The second-order valence-corrected chi connectivity index (χ2v) is 4.21. The number of rotatable bonds is 1. The number of nitrogen functional groups attached to an aromatic ring is 1. The van der Waals surface area contributed by atoms with Gasteiger partial charge in [-0.1, -0.05) is 0 Å². The van der Waals surface area contributed by atoms with E-state index in [4.69, 9.17) is 5.73 Å². The largest absolute Gasteiger partial charge is 0.398 e. The van der Waals surface area contributed by atoms with Crippen molar-refractivity contribution in [1.82, 2.24) is 4.90 Å². The van der Waals surface area contributed by atoms with Crippen LogP contribution in [0.1, 0.15) is 29.6 Å². The molecule has 1 heterocycles. The summed E-state index contributed by atoms with van der Waals surface area (Å²) < 4.78 is 26.0. The maximum Gasteiger partial charge on any atom is 0.256 e. The minimum absolute atomic E-state index is 0.0144. The van der Waals surface area contributed by atoms with Crippen LogP contribution in [0.4, 0.5) is 14.5 Å². The number of benzene rings is 1. The molecule has 1 saturated heterocycles. The van der Waals surface area contributed by atoms with Crippen molar-refractivity contribution < 1.29 is 13.6 Å². The van der Waals surface area contributed by atoms with Crippen LogP contribution in [0.3, 0.4) is 0 Å². The fraction of sp³-hybridized carbons (Fsp3) is 0.417. The first-order valence-electron chi connectivity index (χ1n) is 5.63. The molecular formula is C12H14F2N2O. The zero-order valence-electron chi connectivity index (χ0n) is 9.38. The van der Waals surface area contributed by atoms with Gasteiger partial charge in [0.05, 0.1) is 5.56 Å². The van der Waals surface area contributed by atoms with E-state index >= 15 is 0 Å². The lowest BCUT2D eigenvalue weighted by Crippen LogP contribution is -2.36. The predicted octanol–water partition coefficient (Wildman–Crippen LogP) is 2.17. The highest BCUT2D eigenvalue weighted by Gasteiger charge is 2.21. The molecule has 1 aliphatic heterocycles. The molecular weight excluding hydrogens is 226 g/mol. The molecule has 2 rings (SSSR count). The molecule has 3 nitrogen and oxygen atoms in total. The van der Waals surface area contributed by atoms with Crippen LogP contribution >= 0.6 is 0 Å². The Morgan fingerprint density at radius 1 is 1.12 bits per heavy atom. The van der Waals surface area contributed by atoms with Crippen molar-refractivity contribution in [3.05, 3.63) is 29.3 Å². The summed E-state index contributed by atoms with van der Waals surface area (Å²) in [6, 6.07) is 1.73. The molecule has 1 aromatic rings. The third-order valence-corrected chi connectivity index (χ3v) is 2.97. The molecule has 1 aliphatic rings.